The minimum Gasteiger partial charge on any atom is -0.496 e. The molecule has 0 bridgehead atoms. The summed E-state index contributed by atoms with van der Waals surface area (Å²) in [5.41, 5.74) is 4.67. The molecule has 2 aromatic carbocycles. The first-order chi connectivity index (χ1) is 15.4. The van der Waals surface area contributed by atoms with Gasteiger partial charge in [0.15, 0.2) is 0 Å². The molecule has 4 rings (SSSR count). The van der Waals surface area contributed by atoms with Crippen LogP contribution < -0.4 is 4.74 Å². The number of amides is 1. The van der Waals surface area contributed by atoms with Gasteiger partial charge in [-0.2, -0.15) is 9.78 Å². The Labute approximate surface area is 190 Å². The molecule has 9 nitrogen and oxygen atoms in total. The van der Waals surface area contributed by atoms with E-state index in [1.165, 1.54) is 18.1 Å². The summed E-state index contributed by atoms with van der Waals surface area (Å²) in [5.74, 6) is 0.156. The molecule has 164 valence electrons. The average molecular weight is 452 g/mol. The van der Waals surface area contributed by atoms with Crippen molar-refractivity contribution in [1.82, 2.24) is 34.9 Å². The van der Waals surface area contributed by atoms with Gasteiger partial charge in [-0.15, -0.1) is 5.10 Å². The highest BCUT2D eigenvalue weighted by atomic mass is 35.5. The first-order valence-corrected chi connectivity index (χ1v) is 10.3. The van der Waals surface area contributed by atoms with E-state index >= 15 is 0 Å². The van der Waals surface area contributed by atoms with Crippen molar-refractivity contribution in [2.24, 2.45) is 0 Å². The van der Waals surface area contributed by atoms with Crippen LogP contribution in [0.5, 0.6) is 5.75 Å². The van der Waals surface area contributed by atoms with Gasteiger partial charge < -0.3 is 9.64 Å². The van der Waals surface area contributed by atoms with Crippen molar-refractivity contribution in [2.75, 3.05) is 14.2 Å². The van der Waals surface area contributed by atoms with Crippen molar-refractivity contribution in [3.8, 4) is 17.1 Å². The standard InChI is InChI=1S/C22H22ClN7O2/c1-14-18(15(2)30(25-14)16-8-6-5-7-9-16)12-28(3)22(31)17-10-19(23)20(11-21(17)32-4)29-13-24-26-27-29/h5-11,13H,12H2,1-4H3. The van der Waals surface area contributed by atoms with Crippen molar-refractivity contribution in [2.45, 2.75) is 20.4 Å². The Morgan fingerprint density at radius 3 is 2.59 bits per heavy atom. The van der Waals surface area contributed by atoms with Crippen molar-refractivity contribution in [3.05, 3.63) is 76.3 Å². The zero-order chi connectivity index (χ0) is 22.8. The second-order valence-corrected chi connectivity index (χ2v) is 7.72. The molecule has 2 heterocycles. The Morgan fingerprint density at radius 2 is 1.94 bits per heavy atom. The number of carbonyl (C=O) groups excluding carboxylic acids is 1. The molecular formula is C22H22ClN7O2. The molecule has 0 aliphatic carbocycles. The maximum atomic E-state index is 13.3. The molecule has 2 aromatic heterocycles. The predicted molar refractivity (Wildman–Crippen MR) is 120 cm³/mol. The Balaban J connectivity index is 1.63. The van der Waals surface area contributed by atoms with Gasteiger partial charge in [0, 0.05) is 30.9 Å². The lowest BCUT2D eigenvalue weighted by molar-refractivity contribution is 0.0781. The Hall–Kier alpha value is -3.72. The number of rotatable bonds is 6. The molecule has 32 heavy (non-hydrogen) atoms. The summed E-state index contributed by atoms with van der Waals surface area (Å²) in [7, 11) is 3.24. The maximum absolute atomic E-state index is 13.3. The van der Waals surface area contributed by atoms with Crippen molar-refractivity contribution in [1.29, 1.82) is 0 Å². The van der Waals surface area contributed by atoms with Crippen LogP contribution in [0, 0.1) is 13.8 Å². The number of aromatic nitrogens is 6. The fourth-order valence-corrected chi connectivity index (χ4v) is 3.82. The van der Waals surface area contributed by atoms with Gasteiger partial charge in [-0.25, -0.2) is 4.68 Å². The van der Waals surface area contributed by atoms with Crippen LogP contribution in [-0.2, 0) is 6.54 Å². The number of benzene rings is 2. The van der Waals surface area contributed by atoms with Crippen LogP contribution in [0.15, 0.2) is 48.8 Å². The van der Waals surface area contributed by atoms with Crippen LogP contribution in [0.1, 0.15) is 27.3 Å². The van der Waals surface area contributed by atoms with E-state index in [0.717, 1.165) is 22.6 Å². The molecule has 0 saturated carbocycles. The first kappa shape index (κ1) is 21.5. The molecule has 0 radical (unpaired) electrons. The summed E-state index contributed by atoms with van der Waals surface area (Å²) >= 11 is 6.42. The highest BCUT2D eigenvalue weighted by molar-refractivity contribution is 6.33. The van der Waals surface area contributed by atoms with Gasteiger partial charge in [-0.1, -0.05) is 29.8 Å². The fourth-order valence-electron chi connectivity index (χ4n) is 3.56. The SMILES string of the molecule is COc1cc(-n2cnnn2)c(Cl)cc1C(=O)N(C)Cc1c(C)nn(-c2ccccc2)c1C. The lowest BCUT2D eigenvalue weighted by Crippen LogP contribution is -2.27. The van der Waals surface area contributed by atoms with Crippen LogP contribution in [0.2, 0.25) is 5.02 Å². The summed E-state index contributed by atoms with van der Waals surface area (Å²) in [4.78, 5) is 14.9. The summed E-state index contributed by atoms with van der Waals surface area (Å²) < 4.78 is 8.77. The summed E-state index contributed by atoms with van der Waals surface area (Å²) in [6.45, 7) is 4.33. The number of hydrogen-bond acceptors (Lipinski definition) is 6. The average Bonchev–Trinajstić information content (AvgIpc) is 3.43. The summed E-state index contributed by atoms with van der Waals surface area (Å²) in [6.07, 6.45) is 1.42. The molecule has 1 amide bonds. The van der Waals surface area contributed by atoms with Crippen LogP contribution in [0.25, 0.3) is 11.4 Å². The number of methoxy groups -OCH3 is 1. The molecule has 0 N–H and O–H groups in total. The molecule has 0 aliphatic rings. The van der Waals surface area contributed by atoms with Crippen molar-refractivity contribution < 1.29 is 9.53 Å². The van der Waals surface area contributed by atoms with Crippen LogP contribution >= 0.6 is 11.6 Å². The van der Waals surface area contributed by atoms with Gasteiger partial charge in [0.2, 0.25) is 0 Å². The topological polar surface area (TPSA) is 91.0 Å². The third-order valence-electron chi connectivity index (χ3n) is 5.28. The number of para-hydroxylation sites is 1. The number of halogens is 1. The van der Waals surface area contributed by atoms with E-state index < -0.39 is 0 Å². The van der Waals surface area contributed by atoms with Gasteiger partial charge in [0.1, 0.15) is 12.1 Å². The maximum Gasteiger partial charge on any atom is 0.257 e. The van der Waals surface area contributed by atoms with Gasteiger partial charge in [0.05, 0.1) is 34.8 Å². The van der Waals surface area contributed by atoms with Gasteiger partial charge in [-0.05, 0) is 42.5 Å². The molecule has 0 saturated heterocycles. The minimum absolute atomic E-state index is 0.224. The van der Waals surface area contributed by atoms with Crippen LogP contribution in [-0.4, -0.2) is 55.0 Å². The lowest BCUT2D eigenvalue weighted by atomic mass is 10.1. The van der Waals surface area contributed by atoms with E-state index in [2.05, 4.69) is 20.6 Å². The van der Waals surface area contributed by atoms with E-state index in [9.17, 15) is 4.79 Å². The van der Waals surface area contributed by atoms with Gasteiger partial charge in [-0.3, -0.25) is 4.79 Å². The van der Waals surface area contributed by atoms with E-state index in [0.29, 0.717) is 28.6 Å². The smallest absolute Gasteiger partial charge is 0.257 e. The fraction of sp³-hybridized carbons (Fsp3) is 0.227. The van der Waals surface area contributed by atoms with E-state index in [4.69, 9.17) is 16.3 Å². The molecule has 0 spiro atoms. The Bertz CT molecular complexity index is 1250. The molecule has 0 atom stereocenters. The number of aryl methyl sites for hydroxylation is 1. The van der Waals surface area contributed by atoms with Crippen LogP contribution in [0.3, 0.4) is 0 Å². The van der Waals surface area contributed by atoms with Crippen LogP contribution in [0.4, 0.5) is 0 Å². The first-order valence-electron chi connectivity index (χ1n) is 9.87. The number of carbonyl (C=O) groups is 1. The largest absolute Gasteiger partial charge is 0.496 e. The summed E-state index contributed by atoms with van der Waals surface area (Å²) in [6, 6.07) is 13.1. The molecule has 10 heteroatoms. The second-order valence-electron chi connectivity index (χ2n) is 7.32. The molecular weight excluding hydrogens is 430 g/mol. The second kappa shape index (κ2) is 8.80. The third kappa shape index (κ3) is 3.94. The zero-order valence-corrected chi connectivity index (χ0v) is 18.9. The minimum atomic E-state index is -0.224. The van der Waals surface area contributed by atoms with E-state index in [1.807, 2.05) is 48.9 Å². The molecule has 0 unspecified atom stereocenters. The normalized spacial score (nSPS) is 10.9. The van der Waals surface area contributed by atoms with Gasteiger partial charge in [0.25, 0.3) is 5.91 Å². The van der Waals surface area contributed by atoms with Gasteiger partial charge >= 0.3 is 0 Å². The molecule has 0 fully saturated rings. The molecule has 4 aromatic rings. The van der Waals surface area contributed by atoms with Crippen molar-refractivity contribution in [3.63, 3.8) is 0 Å². The van der Waals surface area contributed by atoms with Crippen molar-refractivity contribution >= 4 is 17.5 Å². The third-order valence-corrected chi connectivity index (χ3v) is 5.58. The van der Waals surface area contributed by atoms with E-state index in [1.54, 1.807) is 24.1 Å². The quantitative estimate of drug-likeness (QED) is 0.446. The number of nitrogens with zero attached hydrogens (tertiary/aromatic N) is 7. The molecule has 0 aliphatic heterocycles. The Kier molecular flexibility index (Phi) is 5.91. The zero-order valence-electron chi connectivity index (χ0n) is 18.2. The number of hydrogen-bond donors (Lipinski definition) is 0. The number of tetrazole rings is 1. The predicted octanol–water partition coefficient (Wildman–Crippen LogP) is 3.40. The lowest BCUT2D eigenvalue weighted by Gasteiger charge is -2.20. The highest BCUT2D eigenvalue weighted by Crippen LogP contribution is 2.30. The highest BCUT2D eigenvalue weighted by Gasteiger charge is 2.23. The Morgan fingerprint density at radius 1 is 1.19 bits per heavy atom. The van der Waals surface area contributed by atoms with E-state index in [-0.39, 0.29) is 5.91 Å². The summed E-state index contributed by atoms with van der Waals surface area (Å²) in [5, 5.41) is 16.1. The monoisotopic (exact) mass is 451 g/mol. The number of ether oxygens (including phenoxy) is 1.